The molecule has 2 nitrogen and oxygen atoms in total. The SMILES string of the molecule is Fc1c(F)c(Br)c2nsnc2c1Cl. The minimum absolute atomic E-state index is 0.0434. The number of hydrogen-bond donors (Lipinski definition) is 0. The van der Waals surface area contributed by atoms with Crippen LogP contribution in [0.5, 0.6) is 0 Å². The van der Waals surface area contributed by atoms with Crippen molar-refractivity contribution in [1.82, 2.24) is 8.75 Å². The van der Waals surface area contributed by atoms with Gasteiger partial charge in [0, 0.05) is 0 Å². The molecule has 7 heteroatoms. The second-order valence-corrected chi connectivity index (χ2v) is 3.92. The van der Waals surface area contributed by atoms with Gasteiger partial charge in [-0.25, -0.2) is 8.78 Å². The van der Waals surface area contributed by atoms with Gasteiger partial charge in [-0.3, -0.25) is 0 Å². The first-order valence-electron chi connectivity index (χ1n) is 3.07. The van der Waals surface area contributed by atoms with Gasteiger partial charge in [0.05, 0.1) is 16.2 Å². The maximum atomic E-state index is 13.0. The van der Waals surface area contributed by atoms with E-state index in [2.05, 4.69) is 24.7 Å². The lowest BCUT2D eigenvalue weighted by atomic mass is 10.3. The molecule has 0 bridgehead atoms. The zero-order chi connectivity index (χ0) is 9.59. The van der Waals surface area contributed by atoms with E-state index in [-0.39, 0.29) is 20.5 Å². The molecule has 0 aliphatic carbocycles. The number of aromatic nitrogens is 2. The quantitative estimate of drug-likeness (QED) is 0.548. The molecule has 0 saturated carbocycles. The number of nitrogens with zero attached hydrogens (tertiary/aromatic N) is 2. The highest BCUT2D eigenvalue weighted by molar-refractivity contribution is 9.10. The standard InChI is InChI=1S/C6BrClF2N2S/c7-1-3(9)4(10)2(8)6-5(1)11-13-12-6. The van der Waals surface area contributed by atoms with Crippen molar-refractivity contribution in [2.24, 2.45) is 0 Å². The predicted octanol–water partition coefficient (Wildman–Crippen LogP) is 3.39. The van der Waals surface area contributed by atoms with E-state index in [4.69, 9.17) is 11.6 Å². The maximum absolute atomic E-state index is 13.0. The summed E-state index contributed by atoms with van der Waals surface area (Å²) in [5.74, 6) is -2.14. The lowest BCUT2D eigenvalue weighted by molar-refractivity contribution is 0.507. The van der Waals surface area contributed by atoms with Crippen LogP contribution in [0.3, 0.4) is 0 Å². The summed E-state index contributed by atoms with van der Waals surface area (Å²) in [5.41, 5.74) is 0.423. The Kier molecular flexibility index (Phi) is 2.21. The minimum atomic E-state index is -1.10. The second kappa shape index (κ2) is 3.11. The van der Waals surface area contributed by atoms with Crippen molar-refractivity contribution < 1.29 is 8.78 Å². The van der Waals surface area contributed by atoms with Gasteiger partial charge >= 0.3 is 0 Å². The summed E-state index contributed by atoms with van der Waals surface area (Å²) < 4.78 is 33.5. The van der Waals surface area contributed by atoms with Gasteiger partial charge in [-0.15, -0.1) is 0 Å². The van der Waals surface area contributed by atoms with Crippen LogP contribution in [0, 0.1) is 11.6 Å². The number of benzene rings is 1. The van der Waals surface area contributed by atoms with Crippen LogP contribution in [-0.4, -0.2) is 8.75 Å². The molecule has 0 spiro atoms. The highest BCUT2D eigenvalue weighted by Gasteiger charge is 2.19. The molecular formula is C6BrClF2N2S. The minimum Gasteiger partial charge on any atom is -0.202 e. The second-order valence-electron chi connectivity index (χ2n) is 2.22. The zero-order valence-corrected chi connectivity index (χ0v) is 8.97. The van der Waals surface area contributed by atoms with Crippen molar-refractivity contribution in [2.75, 3.05) is 0 Å². The van der Waals surface area contributed by atoms with Crippen molar-refractivity contribution in [3.63, 3.8) is 0 Å². The summed E-state index contributed by atoms with van der Waals surface area (Å²) in [7, 11) is 0. The van der Waals surface area contributed by atoms with E-state index in [0.29, 0.717) is 0 Å². The fourth-order valence-corrected chi connectivity index (χ4v) is 2.27. The molecule has 0 saturated heterocycles. The Morgan fingerprint density at radius 2 is 1.77 bits per heavy atom. The van der Waals surface area contributed by atoms with Gasteiger partial charge in [0.2, 0.25) is 0 Å². The van der Waals surface area contributed by atoms with Gasteiger partial charge in [0.25, 0.3) is 0 Å². The van der Waals surface area contributed by atoms with E-state index < -0.39 is 11.6 Å². The number of hydrogen-bond acceptors (Lipinski definition) is 3. The predicted molar refractivity (Wildman–Crippen MR) is 50.0 cm³/mol. The van der Waals surface area contributed by atoms with Crippen molar-refractivity contribution in [1.29, 1.82) is 0 Å². The number of rotatable bonds is 0. The van der Waals surface area contributed by atoms with Crippen molar-refractivity contribution in [3.8, 4) is 0 Å². The van der Waals surface area contributed by atoms with Gasteiger partial charge in [0.1, 0.15) is 16.1 Å². The Bertz CT molecular complexity index is 445. The third-order valence-electron chi connectivity index (χ3n) is 1.48. The molecule has 1 aromatic carbocycles. The highest BCUT2D eigenvalue weighted by atomic mass is 79.9. The van der Waals surface area contributed by atoms with E-state index in [1.165, 1.54) is 0 Å². The van der Waals surface area contributed by atoms with Crippen molar-refractivity contribution >= 4 is 50.3 Å². The van der Waals surface area contributed by atoms with Gasteiger partial charge in [-0.1, -0.05) is 11.6 Å². The van der Waals surface area contributed by atoms with Crippen molar-refractivity contribution in [2.45, 2.75) is 0 Å². The largest absolute Gasteiger partial charge is 0.202 e. The molecule has 1 heterocycles. The van der Waals surface area contributed by atoms with Crippen LogP contribution in [0.15, 0.2) is 4.47 Å². The monoisotopic (exact) mass is 284 g/mol. The smallest absolute Gasteiger partial charge is 0.180 e. The Balaban J connectivity index is 3.02. The third-order valence-corrected chi connectivity index (χ3v) is 3.08. The molecule has 1 aromatic heterocycles. The fraction of sp³-hybridized carbons (Fsp3) is 0. The van der Waals surface area contributed by atoms with E-state index >= 15 is 0 Å². The zero-order valence-electron chi connectivity index (χ0n) is 5.81. The van der Waals surface area contributed by atoms with Crippen LogP contribution in [0.25, 0.3) is 11.0 Å². The third kappa shape index (κ3) is 1.24. The number of halogens is 4. The van der Waals surface area contributed by atoms with E-state index in [0.717, 1.165) is 11.7 Å². The van der Waals surface area contributed by atoms with E-state index in [1.54, 1.807) is 0 Å². The summed E-state index contributed by atoms with van der Waals surface area (Å²) in [5, 5.41) is -0.329. The molecule has 0 fully saturated rings. The van der Waals surface area contributed by atoms with E-state index in [1.807, 2.05) is 0 Å². The van der Waals surface area contributed by atoms with Crippen LogP contribution in [0.2, 0.25) is 5.02 Å². The Labute approximate surface area is 89.0 Å². The topological polar surface area (TPSA) is 25.8 Å². The summed E-state index contributed by atoms with van der Waals surface area (Å²) in [6.45, 7) is 0. The summed E-state index contributed by atoms with van der Waals surface area (Å²) >= 11 is 9.24. The van der Waals surface area contributed by atoms with Gasteiger partial charge < -0.3 is 0 Å². The van der Waals surface area contributed by atoms with Gasteiger partial charge in [-0.05, 0) is 15.9 Å². The normalized spacial score (nSPS) is 11.1. The van der Waals surface area contributed by atoms with Crippen LogP contribution < -0.4 is 0 Å². The van der Waals surface area contributed by atoms with Crippen LogP contribution in [0.1, 0.15) is 0 Å². The fourth-order valence-electron chi connectivity index (χ4n) is 0.877. The maximum Gasteiger partial charge on any atom is 0.180 e. The Morgan fingerprint density at radius 1 is 1.15 bits per heavy atom. The summed E-state index contributed by atoms with van der Waals surface area (Å²) in [6.07, 6.45) is 0. The van der Waals surface area contributed by atoms with Crippen LogP contribution >= 0.6 is 39.3 Å². The van der Waals surface area contributed by atoms with Gasteiger partial charge in [0.15, 0.2) is 11.6 Å². The average Bonchev–Trinajstić information content (AvgIpc) is 2.59. The molecule has 0 aliphatic heterocycles. The molecular weight excluding hydrogens is 286 g/mol. The summed E-state index contributed by atoms with van der Waals surface area (Å²) in [4.78, 5) is 0. The molecule has 0 radical (unpaired) electrons. The Hall–Kier alpha value is -0.330. The van der Waals surface area contributed by atoms with Gasteiger partial charge in [-0.2, -0.15) is 8.75 Å². The Morgan fingerprint density at radius 3 is 2.46 bits per heavy atom. The highest BCUT2D eigenvalue weighted by Crippen LogP contribution is 2.33. The number of fused-ring (bicyclic) bond motifs is 1. The first kappa shape index (κ1) is 9.23. The molecule has 0 amide bonds. The molecule has 68 valence electrons. The summed E-state index contributed by atoms with van der Waals surface area (Å²) in [6, 6.07) is 0. The molecule has 0 aliphatic rings. The lowest BCUT2D eigenvalue weighted by Gasteiger charge is -1.99. The molecule has 2 rings (SSSR count). The van der Waals surface area contributed by atoms with Crippen LogP contribution in [-0.2, 0) is 0 Å². The van der Waals surface area contributed by atoms with E-state index in [9.17, 15) is 8.78 Å². The van der Waals surface area contributed by atoms with Crippen molar-refractivity contribution in [3.05, 3.63) is 21.1 Å². The van der Waals surface area contributed by atoms with Crippen LogP contribution in [0.4, 0.5) is 8.78 Å². The molecule has 0 atom stereocenters. The molecule has 13 heavy (non-hydrogen) atoms. The first-order chi connectivity index (χ1) is 6.13. The lowest BCUT2D eigenvalue weighted by Crippen LogP contribution is -1.89. The molecule has 0 unspecified atom stereocenters. The molecule has 2 aromatic rings. The average molecular weight is 286 g/mol. The first-order valence-corrected chi connectivity index (χ1v) is 4.97. The molecule has 0 N–H and O–H groups in total.